The lowest BCUT2D eigenvalue weighted by Crippen LogP contribution is -2.34. The zero-order valence-electron chi connectivity index (χ0n) is 14.0. The third-order valence-electron chi connectivity index (χ3n) is 3.86. The average molecular weight is 340 g/mol. The highest BCUT2D eigenvalue weighted by molar-refractivity contribution is 6.34. The summed E-state index contributed by atoms with van der Waals surface area (Å²) < 4.78 is 0.719. The maximum Gasteiger partial charge on any atom is 0.132 e. The Morgan fingerprint density at radius 1 is 0.875 bits per heavy atom. The zero-order chi connectivity index (χ0) is 17.3. The lowest BCUT2D eigenvalue weighted by molar-refractivity contribution is 0.487. The molecule has 4 nitrogen and oxygen atoms in total. The van der Waals surface area contributed by atoms with E-state index in [2.05, 4.69) is 49.6 Å². The summed E-state index contributed by atoms with van der Waals surface area (Å²) in [5.41, 5.74) is 8.99. The Morgan fingerprint density at radius 2 is 1.54 bits per heavy atom. The minimum Gasteiger partial charge on any atom is -0.399 e. The van der Waals surface area contributed by atoms with Crippen molar-refractivity contribution in [3.8, 4) is 0 Å². The lowest BCUT2D eigenvalue weighted by atomic mass is 10.1. The van der Waals surface area contributed by atoms with E-state index in [0.29, 0.717) is 16.4 Å². The van der Waals surface area contributed by atoms with Gasteiger partial charge in [0, 0.05) is 17.1 Å². The number of halogens is 1. The molecule has 0 fully saturated rings. The highest BCUT2D eigenvalue weighted by atomic mass is 35.5. The molecule has 3 aromatic rings. The first-order chi connectivity index (χ1) is 11.3. The smallest absolute Gasteiger partial charge is 0.132 e. The van der Waals surface area contributed by atoms with Crippen LogP contribution < -0.4 is 10.2 Å². The molecule has 0 saturated carbocycles. The van der Waals surface area contributed by atoms with E-state index in [-0.39, 0.29) is 0 Å². The van der Waals surface area contributed by atoms with Crippen molar-refractivity contribution in [3.05, 3.63) is 59.6 Å². The lowest BCUT2D eigenvalue weighted by Gasteiger charge is -2.23. The number of nitrogen functional groups attached to an aromatic ring is 1. The molecule has 0 aliphatic carbocycles. The number of hydrogen-bond donors (Lipinski definition) is 1. The molecule has 122 valence electrons. The molecule has 0 radical (unpaired) electrons. The highest BCUT2D eigenvalue weighted by Gasteiger charge is 2.15. The van der Waals surface area contributed by atoms with Gasteiger partial charge in [0.05, 0.1) is 31.9 Å². The van der Waals surface area contributed by atoms with Gasteiger partial charge in [0.25, 0.3) is 0 Å². The van der Waals surface area contributed by atoms with Crippen molar-refractivity contribution in [3.63, 3.8) is 0 Å². The molecule has 0 aromatic heterocycles. The number of hydrogen-bond acceptors (Lipinski definition) is 3. The van der Waals surface area contributed by atoms with Crippen LogP contribution in [0.1, 0.15) is 0 Å². The van der Waals surface area contributed by atoms with Crippen molar-refractivity contribution in [1.82, 2.24) is 4.48 Å². The summed E-state index contributed by atoms with van der Waals surface area (Å²) >= 11 is 6.38. The van der Waals surface area contributed by atoms with Crippen molar-refractivity contribution < 1.29 is 0 Å². The summed E-state index contributed by atoms with van der Waals surface area (Å²) in [4.78, 5) is 0. The van der Waals surface area contributed by atoms with Gasteiger partial charge in [-0.15, -0.1) is 5.11 Å². The third-order valence-corrected chi connectivity index (χ3v) is 4.17. The van der Waals surface area contributed by atoms with E-state index in [0.717, 1.165) is 20.9 Å². The first-order valence-electron chi connectivity index (χ1n) is 7.66. The van der Waals surface area contributed by atoms with E-state index in [1.807, 2.05) is 24.3 Å². The summed E-state index contributed by atoms with van der Waals surface area (Å²) in [5, 5.41) is 11.4. The summed E-state index contributed by atoms with van der Waals surface area (Å²) in [6.07, 6.45) is 0. The Kier molecular flexibility index (Phi) is 4.26. The van der Waals surface area contributed by atoms with Crippen molar-refractivity contribution in [2.75, 3.05) is 26.9 Å². The Balaban J connectivity index is 2.11. The topological polar surface area (TPSA) is 50.7 Å². The predicted octanol–water partition coefficient (Wildman–Crippen LogP) is 5.69. The largest absolute Gasteiger partial charge is 0.399 e. The fourth-order valence-electron chi connectivity index (χ4n) is 2.43. The van der Waals surface area contributed by atoms with Gasteiger partial charge in [-0.05, 0) is 47.9 Å². The van der Waals surface area contributed by atoms with Gasteiger partial charge in [0.2, 0.25) is 0 Å². The molecule has 0 saturated heterocycles. The molecule has 0 aliphatic rings. The van der Waals surface area contributed by atoms with Gasteiger partial charge in [-0.2, -0.15) is 5.11 Å². The van der Waals surface area contributed by atoms with Crippen LogP contribution in [0.4, 0.5) is 22.7 Å². The molecule has 3 aromatic carbocycles. The number of nitrogens with zero attached hydrogens (tertiary/aromatic N) is 3. The molecule has 0 amide bonds. The number of benzene rings is 3. The van der Waals surface area contributed by atoms with Crippen LogP contribution in [-0.4, -0.2) is 21.1 Å². The minimum absolute atomic E-state index is 0.584. The molecule has 0 bridgehead atoms. The van der Waals surface area contributed by atoms with Crippen LogP contribution in [0.3, 0.4) is 0 Å². The molecule has 0 unspecified atom stereocenters. The van der Waals surface area contributed by atoms with Gasteiger partial charge in [0.1, 0.15) is 11.4 Å². The van der Waals surface area contributed by atoms with E-state index in [1.54, 1.807) is 12.1 Å². The first kappa shape index (κ1) is 16.4. The predicted molar refractivity (Wildman–Crippen MR) is 104 cm³/mol. The molecule has 0 aliphatic heterocycles. The number of azo groups is 1. The maximum absolute atomic E-state index is 6.38. The van der Waals surface area contributed by atoms with Crippen LogP contribution in [-0.2, 0) is 0 Å². The monoisotopic (exact) mass is 339 g/mol. The van der Waals surface area contributed by atoms with Gasteiger partial charge < -0.3 is 5.73 Å². The molecule has 0 spiro atoms. The zero-order valence-corrected chi connectivity index (χ0v) is 14.7. The van der Waals surface area contributed by atoms with E-state index < -0.39 is 0 Å². The molecular weight excluding hydrogens is 320 g/mol. The van der Waals surface area contributed by atoms with Crippen LogP contribution in [0.15, 0.2) is 64.8 Å². The van der Waals surface area contributed by atoms with Gasteiger partial charge in [-0.3, -0.25) is 4.48 Å². The Labute approximate surface area is 146 Å². The fourth-order valence-corrected chi connectivity index (χ4v) is 2.64. The van der Waals surface area contributed by atoms with Crippen LogP contribution in [0.2, 0.25) is 5.02 Å². The molecule has 2 N–H and O–H groups in total. The van der Waals surface area contributed by atoms with E-state index >= 15 is 0 Å². The second-order valence-corrected chi connectivity index (χ2v) is 7.01. The maximum atomic E-state index is 6.38. The first-order valence-corrected chi connectivity index (χ1v) is 8.04. The molecule has 0 atom stereocenters. The molecular formula is C19H20ClN4+. The van der Waals surface area contributed by atoms with Crippen LogP contribution in [0.5, 0.6) is 0 Å². The van der Waals surface area contributed by atoms with Crippen molar-refractivity contribution in [1.29, 1.82) is 0 Å². The second-order valence-electron chi connectivity index (χ2n) is 6.61. The van der Waals surface area contributed by atoms with Crippen molar-refractivity contribution in [2.45, 2.75) is 0 Å². The van der Waals surface area contributed by atoms with Crippen LogP contribution in [0.25, 0.3) is 10.8 Å². The Hall–Kier alpha value is -2.43. The molecule has 5 heteroatoms. The average Bonchev–Trinajstić information content (AvgIpc) is 2.54. The summed E-state index contributed by atoms with van der Waals surface area (Å²) in [5.74, 6) is 0. The third kappa shape index (κ3) is 3.40. The number of nitrogens with two attached hydrogens (primary N) is 1. The molecule has 3 rings (SSSR count). The number of quaternary nitrogens is 1. The Bertz CT molecular complexity index is 909. The number of fused-ring (bicyclic) bond motifs is 1. The fraction of sp³-hybridized carbons (Fsp3) is 0.158. The van der Waals surface area contributed by atoms with Gasteiger partial charge in [-0.1, -0.05) is 17.7 Å². The molecule has 24 heavy (non-hydrogen) atoms. The standard InChI is InChI=1S/C19H20ClN4/c1-24(2,3)16-10-4-13-5-11-18(20)19(17(13)12-16)23-22-15-8-6-14(21)7-9-15/h4-12H,21H2,1-3H3/q+1/b23-22+. The second kappa shape index (κ2) is 6.23. The van der Waals surface area contributed by atoms with E-state index in [9.17, 15) is 0 Å². The number of anilines is 1. The minimum atomic E-state index is 0.584. The van der Waals surface area contributed by atoms with Crippen LogP contribution >= 0.6 is 11.6 Å². The van der Waals surface area contributed by atoms with E-state index in [1.165, 1.54) is 5.69 Å². The summed E-state index contributed by atoms with van der Waals surface area (Å²) in [6, 6.07) is 17.4. The van der Waals surface area contributed by atoms with Gasteiger partial charge in [-0.25, -0.2) is 0 Å². The van der Waals surface area contributed by atoms with Gasteiger partial charge in [0.15, 0.2) is 0 Å². The Morgan fingerprint density at radius 3 is 2.21 bits per heavy atom. The van der Waals surface area contributed by atoms with Crippen molar-refractivity contribution >= 4 is 45.1 Å². The highest BCUT2D eigenvalue weighted by Crippen LogP contribution is 2.37. The normalized spacial score (nSPS) is 12.2. The SMILES string of the molecule is C[N+](C)(C)c1ccc2ccc(Cl)c(/N=N/c3ccc(N)cc3)c2c1. The van der Waals surface area contributed by atoms with Gasteiger partial charge >= 0.3 is 0 Å². The molecule has 0 heterocycles. The summed E-state index contributed by atoms with van der Waals surface area (Å²) in [7, 11) is 6.38. The number of rotatable bonds is 3. The van der Waals surface area contributed by atoms with E-state index in [4.69, 9.17) is 17.3 Å². The van der Waals surface area contributed by atoms with Crippen LogP contribution in [0, 0.1) is 0 Å². The van der Waals surface area contributed by atoms with Crippen molar-refractivity contribution in [2.24, 2.45) is 10.2 Å². The quantitative estimate of drug-likeness (QED) is 0.372. The summed E-state index contributed by atoms with van der Waals surface area (Å²) in [6.45, 7) is 0.